The van der Waals surface area contributed by atoms with Gasteiger partial charge in [0.05, 0.1) is 0 Å². The molecule has 0 heterocycles. The molecule has 0 fully saturated rings. The molecule has 0 saturated heterocycles. The Morgan fingerprint density at radius 1 is 0.429 bits per heavy atom. The maximum absolute atomic E-state index is 5.08. The topological polar surface area (TPSA) is 28.2 Å². The molecule has 0 saturated carbocycles. The summed E-state index contributed by atoms with van der Waals surface area (Å²) < 4.78 is 0. The normalized spacial score (nSPS) is 11.0. The summed E-state index contributed by atoms with van der Waals surface area (Å²) in [5, 5.41) is 11.3. The minimum absolute atomic E-state index is 0. The van der Waals surface area contributed by atoms with E-state index >= 15 is 0 Å². The van der Waals surface area contributed by atoms with Gasteiger partial charge in [0.2, 0.25) is 0 Å². The van der Waals surface area contributed by atoms with E-state index in [9.17, 15) is 0 Å². The van der Waals surface area contributed by atoms with Gasteiger partial charge in [-0.05, 0) is 52.9 Å². The zero-order valence-corrected chi connectivity index (χ0v) is 45.7. The van der Waals surface area contributed by atoms with Crippen LogP contribution in [0, 0.1) is 20.8 Å². The van der Waals surface area contributed by atoms with Gasteiger partial charge in [-0.25, -0.2) is 0 Å². The third-order valence-corrected chi connectivity index (χ3v) is 15.8. The molecule has 0 spiro atoms. The summed E-state index contributed by atoms with van der Waals surface area (Å²) in [5.41, 5.74) is 7.52. The molecule has 4 aromatic carbocycles. The first-order chi connectivity index (χ1) is 23.9. The zero-order chi connectivity index (χ0) is 39.8. The van der Waals surface area contributed by atoms with Gasteiger partial charge in [0.25, 0.3) is 0 Å². The summed E-state index contributed by atoms with van der Waals surface area (Å²) in [4.78, 5) is 0. The smallest absolute Gasteiger partial charge is 1.00 e. The van der Waals surface area contributed by atoms with E-state index in [1.54, 1.807) is 0 Å². The Balaban J connectivity index is -0.000000391. The molecule has 4 aromatic rings. The van der Waals surface area contributed by atoms with Crippen molar-refractivity contribution in [1.29, 1.82) is 0 Å². The Labute approximate surface area is 391 Å². The van der Waals surface area contributed by atoms with E-state index in [0.29, 0.717) is 5.92 Å². The average Bonchev–Trinajstić information content (AvgIpc) is 3.01. The van der Waals surface area contributed by atoms with Crippen LogP contribution in [-0.4, -0.2) is 57.1 Å². The van der Waals surface area contributed by atoms with E-state index in [4.69, 9.17) is 10.6 Å². The number of hydrogen-bond acceptors (Lipinski definition) is 0. The Kier molecular flexibility index (Phi) is 32.7. The monoisotopic (exact) mass is 1030 g/mol. The molecule has 0 N–H and O–H groups in total. The van der Waals surface area contributed by atoms with E-state index in [1.165, 1.54) is 22.3 Å². The molecule has 8 heteroatoms. The van der Waals surface area contributed by atoms with Gasteiger partial charge in [0.1, 0.15) is 0 Å². The second kappa shape index (κ2) is 29.5. The van der Waals surface area contributed by atoms with Gasteiger partial charge in [-0.1, -0.05) is 223 Å². The van der Waals surface area contributed by atoms with Crippen LogP contribution in [0.25, 0.3) is 10.6 Å². The average molecular weight is 1030 g/mol. The number of halogens is 2. The maximum atomic E-state index is 5.08. The summed E-state index contributed by atoms with van der Waals surface area (Å²) in [5.74, 6) is 0.653. The number of aryl methyl sites for hydroxylation is 3. The van der Waals surface area contributed by atoms with E-state index in [0.717, 1.165) is 23.9 Å². The predicted octanol–water partition coefficient (Wildman–Crippen LogP) is 10.5. The van der Waals surface area contributed by atoms with E-state index in [2.05, 4.69) is 190 Å². The van der Waals surface area contributed by atoms with Crippen LogP contribution >= 0.6 is 15.8 Å². The summed E-state index contributed by atoms with van der Waals surface area (Å²) in [7, 11) is -0.484. The molecule has 0 atom stereocenters. The molecule has 56 heavy (non-hydrogen) atoms. The van der Waals surface area contributed by atoms with E-state index in [-0.39, 0.29) is 105 Å². The third kappa shape index (κ3) is 26.4. The minimum Gasteiger partial charge on any atom is -1.00 e. The van der Waals surface area contributed by atoms with Crippen molar-refractivity contribution in [2.45, 2.75) is 144 Å². The molecule has 0 aromatic heterocycles. The van der Waals surface area contributed by atoms with Crippen molar-refractivity contribution in [2.24, 2.45) is 0 Å². The Hall–Kier alpha value is -0.658. The van der Waals surface area contributed by atoms with Crippen molar-refractivity contribution in [2.75, 3.05) is 12.6 Å². The van der Waals surface area contributed by atoms with Crippen molar-refractivity contribution in [3.8, 4) is 0 Å². The number of rotatable bonds is 7. The molecule has 0 aliphatic rings. The Bertz CT molecular complexity index is 1410. The molecular weight excluding hydrogens is 957 g/mol. The minimum atomic E-state index is -0.242. The summed E-state index contributed by atoms with van der Waals surface area (Å²) in [6.45, 7) is 39.0. The van der Waals surface area contributed by atoms with Gasteiger partial charge in [0.15, 0.2) is 0 Å². The van der Waals surface area contributed by atoms with Crippen molar-refractivity contribution >= 4 is 51.1 Å². The second-order valence-electron chi connectivity index (χ2n) is 18.0. The quantitative estimate of drug-likeness (QED) is 0.130. The van der Waals surface area contributed by atoms with Crippen molar-refractivity contribution < 1.29 is 44.3 Å². The van der Waals surface area contributed by atoms with Crippen molar-refractivity contribution in [1.82, 2.24) is 0 Å². The largest absolute Gasteiger partial charge is 2.00 e. The molecular formula is C48H74Cl2N2P2RuSn. The summed E-state index contributed by atoms with van der Waals surface area (Å²) in [6, 6.07) is 37.7. The molecule has 0 aliphatic carbocycles. The molecule has 0 amide bonds. The predicted molar refractivity (Wildman–Crippen MR) is 248 cm³/mol. The molecule has 4 rings (SSSR count). The van der Waals surface area contributed by atoms with Crippen LogP contribution in [0.1, 0.15) is 125 Å². The molecule has 2 nitrogen and oxygen atoms in total. The van der Waals surface area contributed by atoms with Crippen molar-refractivity contribution in [3.05, 3.63) is 142 Å². The first kappa shape index (κ1) is 62.0. The SMILES string of the molecule is CC(C)(C)P(C[N-]c1ccccc1[N-]CP(C(C)(C)C)C(C)(C)C)C(C)(C)C.Cc1ccc(C(C)C)cc1.Cc1ccccc1.Cc1ccccc1.[Cl-].[Cl-].[Ru+2].[Sn+2]. The van der Waals surface area contributed by atoms with Gasteiger partial charge in [-0.2, -0.15) is 11.4 Å². The number of benzene rings is 4. The van der Waals surface area contributed by atoms with Gasteiger partial charge in [-0.3, -0.25) is 0 Å². The fourth-order valence-corrected chi connectivity index (χ4v) is 12.2. The number of nitrogens with zero attached hydrogens (tertiary/aromatic N) is 2. The molecule has 0 unspecified atom stereocenters. The van der Waals surface area contributed by atoms with Crippen LogP contribution in [-0.2, 0) is 19.5 Å². The van der Waals surface area contributed by atoms with Crippen LogP contribution < -0.4 is 24.8 Å². The molecule has 0 bridgehead atoms. The third-order valence-electron chi connectivity index (χ3n) is 8.51. The van der Waals surface area contributed by atoms with E-state index in [1.807, 2.05) is 36.4 Å². The first-order valence-corrected chi connectivity index (χ1v) is 22.1. The van der Waals surface area contributed by atoms with Gasteiger partial charge in [0, 0.05) is 0 Å². The Morgan fingerprint density at radius 3 is 0.893 bits per heavy atom. The standard InChI is InChI=1S/C24H44N2P2.C10H14.2C7H8.2ClH.Ru.Sn/c1-21(2,3)27(22(4,5)6)17-25-19-15-13-14-16-20(19)26-18-28(23(7,8)9)24(10,11)12;1-8(2)10-6-4-9(3)5-7-10;2*1-7-5-3-2-4-6-7;;;;/h13-16H,17-18H2,1-12H3;4-8H,1-3H3;2*2-6H,1H3;2*1H;;/q-2;;;;;;2*+2/p-2. The van der Waals surface area contributed by atoms with Gasteiger partial charge in [-0.15, -0.1) is 28.4 Å². The molecule has 312 valence electrons. The summed E-state index contributed by atoms with van der Waals surface area (Å²) >= 11 is 0. The van der Waals surface area contributed by atoms with Gasteiger partial charge < -0.3 is 35.4 Å². The van der Waals surface area contributed by atoms with Gasteiger partial charge >= 0.3 is 43.4 Å². The number of para-hydroxylation sites is 2. The van der Waals surface area contributed by atoms with E-state index < -0.39 is 0 Å². The molecule has 0 aliphatic heterocycles. The number of hydrogen-bond donors (Lipinski definition) is 0. The van der Waals surface area contributed by atoms with Crippen LogP contribution in [0.5, 0.6) is 0 Å². The van der Waals surface area contributed by atoms with Crippen LogP contribution in [0.15, 0.2) is 109 Å². The van der Waals surface area contributed by atoms with Crippen LogP contribution in [0.3, 0.4) is 0 Å². The fourth-order valence-electron chi connectivity index (χ4n) is 5.91. The Morgan fingerprint density at radius 2 is 0.679 bits per heavy atom. The maximum Gasteiger partial charge on any atom is 2.00 e. The molecule has 2 radical (unpaired) electrons. The zero-order valence-electron chi connectivity index (χ0n) is 37.8. The fraction of sp³-hybridized carbons (Fsp3) is 0.500. The van der Waals surface area contributed by atoms with Crippen molar-refractivity contribution in [3.63, 3.8) is 0 Å². The van der Waals surface area contributed by atoms with Crippen LogP contribution in [0.2, 0.25) is 0 Å². The second-order valence-corrected chi connectivity index (χ2v) is 25.6. The van der Waals surface area contributed by atoms with Crippen LogP contribution in [0.4, 0.5) is 11.4 Å². The summed E-state index contributed by atoms with van der Waals surface area (Å²) in [6.07, 6.45) is 1.81. The first-order valence-electron chi connectivity index (χ1n) is 19.0.